The van der Waals surface area contributed by atoms with Gasteiger partial charge in [-0.25, -0.2) is 9.97 Å². The van der Waals surface area contributed by atoms with Crippen molar-refractivity contribution in [2.24, 2.45) is 0 Å². The smallest absolute Gasteiger partial charge is 0.235 e. The maximum Gasteiger partial charge on any atom is 0.235 e. The molecule has 17 heavy (non-hydrogen) atoms. The Morgan fingerprint density at radius 3 is 2.59 bits per heavy atom. The standard InChI is InChI=1S/C12H18BrN3O/c1-8-11(14-5-10(13)15-8)17-9-6-16(7-9)12(2,3)4/h5,9H,6-7H2,1-4H3. The van der Waals surface area contributed by atoms with E-state index in [1.807, 2.05) is 6.92 Å². The molecule has 0 saturated carbocycles. The fraction of sp³-hybridized carbons (Fsp3) is 0.667. The van der Waals surface area contributed by atoms with Crippen LogP contribution in [0.4, 0.5) is 0 Å². The van der Waals surface area contributed by atoms with E-state index < -0.39 is 0 Å². The Balaban J connectivity index is 1.92. The Bertz CT molecular complexity index is 411. The minimum Gasteiger partial charge on any atom is -0.470 e. The van der Waals surface area contributed by atoms with Crippen LogP contribution >= 0.6 is 15.9 Å². The van der Waals surface area contributed by atoms with Crippen molar-refractivity contribution in [3.05, 3.63) is 16.5 Å². The summed E-state index contributed by atoms with van der Waals surface area (Å²) in [7, 11) is 0. The van der Waals surface area contributed by atoms with Crippen LogP contribution in [0.15, 0.2) is 10.8 Å². The van der Waals surface area contributed by atoms with E-state index in [4.69, 9.17) is 4.74 Å². The van der Waals surface area contributed by atoms with E-state index >= 15 is 0 Å². The summed E-state index contributed by atoms with van der Waals surface area (Å²) < 4.78 is 6.57. The van der Waals surface area contributed by atoms with Gasteiger partial charge in [0, 0.05) is 18.6 Å². The first-order valence-electron chi connectivity index (χ1n) is 5.77. The largest absolute Gasteiger partial charge is 0.470 e. The van der Waals surface area contributed by atoms with Crippen molar-refractivity contribution < 1.29 is 4.74 Å². The Morgan fingerprint density at radius 1 is 1.41 bits per heavy atom. The monoisotopic (exact) mass is 299 g/mol. The minimum atomic E-state index is 0.223. The number of halogens is 1. The number of likely N-dealkylation sites (tertiary alicyclic amines) is 1. The summed E-state index contributed by atoms with van der Waals surface area (Å²) in [5.74, 6) is 0.645. The van der Waals surface area contributed by atoms with Crippen molar-refractivity contribution in [3.63, 3.8) is 0 Å². The van der Waals surface area contributed by atoms with Gasteiger partial charge in [0.15, 0.2) is 0 Å². The average molecular weight is 300 g/mol. The zero-order valence-corrected chi connectivity index (χ0v) is 12.3. The molecule has 0 radical (unpaired) electrons. The Hall–Kier alpha value is -0.680. The van der Waals surface area contributed by atoms with Crippen molar-refractivity contribution in [1.29, 1.82) is 0 Å². The molecule has 0 amide bonds. The lowest BCUT2D eigenvalue weighted by Gasteiger charge is -2.46. The molecule has 1 aromatic heterocycles. The first kappa shape index (κ1) is 12.8. The highest BCUT2D eigenvalue weighted by Crippen LogP contribution is 2.25. The summed E-state index contributed by atoms with van der Waals surface area (Å²) >= 11 is 3.29. The maximum atomic E-state index is 5.83. The van der Waals surface area contributed by atoms with Crippen molar-refractivity contribution >= 4 is 15.9 Å². The number of hydrogen-bond donors (Lipinski definition) is 0. The first-order valence-corrected chi connectivity index (χ1v) is 6.56. The zero-order valence-electron chi connectivity index (χ0n) is 10.7. The van der Waals surface area contributed by atoms with Gasteiger partial charge in [0.2, 0.25) is 5.88 Å². The molecule has 5 heteroatoms. The molecular formula is C12H18BrN3O. The topological polar surface area (TPSA) is 38.3 Å². The molecule has 4 nitrogen and oxygen atoms in total. The molecule has 1 aromatic rings. The molecule has 0 N–H and O–H groups in total. The number of rotatable bonds is 2. The van der Waals surface area contributed by atoms with Gasteiger partial charge in [0.1, 0.15) is 16.4 Å². The summed E-state index contributed by atoms with van der Waals surface area (Å²) in [6.45, 7) is 10.5. The lowest BCUT2D eigenvalue weighted by molar-refractivity contribution is -0.0372. The predicted octanol–water partition coefficient (Wildman–Crippen LogP) is 2.41. The molecule has 2 rings (SSSR count). The summed E-state index contributed by atoms with van der Waals surface area (Å²) in [6.07, 6.45) is 1.91. The van der Waals surface area contributed by atoms with E-state index in [1.54, 1.807) is 6.20 Å². The van der Waals surface area contributed by atoms with Gasteiger partial charge in [-0.05, 0) is 43.6 Å². The molecular weight excluding hydrogens is 282 g/mol. The zero-order chi connectivity index (χ0) is 12.6. The predicted molar refractivity (Wildman–Crippen MR) is 70.2 cm³/mol. The normalized spacial score (nSPS) is 17.9. The van der Waals surface area contributed by atoms with Gasteiger partial charge in [0.25, 0.3) is 0 Å². The van der Waals surface area contributed by atoms with E-state index in [-0.39, 0.29) is 11.6 Å². The summed E-state index contributed by atoms with van der Waals surface area (Å²) in [4.78, 5) is 10.9. The second-order valence-electron chi connectivity index (χ2n) is 5.40. The highest BCUT2D eigenvalue weighted by molar-refractivity contribution is 9.10. The van der Waals surface area contributed by atoms with Crippen LogP contribution in [0.5, 0.6) is 5.88 Å². The maximum absolute atomic E-state index is 5.83. The third kappa shape index (κ3) is 2.96. The van der Waals surface area contributed by atoms with Gasteiger partial charge in [-0.1, -0.05) is 0 Å². The number of ether oxygens (including phenoxy) is 1. The van der Waals surface area contributed by atoms with E-state index in [1.165, 1.54) is 0 Å². The van der Waals surface area contributed by atoms with Crippen LogP contribution in [-0.4, -0.2) is 39.6 Å². The van der Waals surface area contributed by atoms with Crippen LogP contribution in [-0.2, 0) is 0 Å². The van der Waals surface area contributed by atoms with Crippen molar-refractivity contribution in [2.45, 2.75) is 39.3 Å². The molecule has 0 unspecified atom stereocenters. The van der Waals surface area contributed by atoms with Gasteiger partial charge in [-0.3, -0.25) is 4.90 Å². The van der Waals surface area contributed by atoms with E-state index in [0.717, 1.165) is 23.4 Å². The molecule has 2 heterocycles. The second kappa shape index (κ2) is 4.53. The molecule has 0 atom stereocenters. The Labute approximate surface area is 111 Å². The lowest BCUT2D eigenvalue weighted by atomic mass is 9.99. The molecule has 94 valence electrons. The van der Waals surface area contributed by atoms with Crippen LogP contribution < -0.4 is 4.74 Å². The van der Waals surface area contributed by atoms with Crippen molar-refractivity contribution in [1.82, 2.24) is 14.9 Å². The minimum absolute atomic E-state index is 0.223. The highest BCUT2D eigenvalue weighted by Gasteiger charge is 2.36. The van der Waals surface area contributed by atoms with Crippen LogP contribution in [0.25, 0.3) is 0 Å². The van der Waals surface area contributed by atoms with Gasteiger partial charge in [0.05, 0.1) is 6.20 Å². The van der Waals surface area contributed by atoms with Gasteiger partial charge in [-0.2, -0.15) is 0 Å². The van der Waals surface area contributed by atoms with Crippen LogP contribution in [0, 0.1) is 6.92 Å². The van der Waals surface area contributed by atoms with Crippen LogP contribution in [0.2, 0.25) is 0 Å². The molecule has 0 aromatic carbocycles. The van der Waals surface area contributed by atoms with Gasteiger partial charge >= 0.3 is 0 Å². The van der Waals surface area contributed by atoms with Crippen LogP contribution in [0.3, 0.4) is 0 Å². The average Bonchev–Trinajstić information content (AvgIpc) is 2.11. The molecule has 0 bridgehead atoms. The molecule has 1 saturated heterocycles. The molecule has 1 aliphatic heterocycles. The summed E-state index contributed by atoms with van der Waals surface area (Å²) in [6, 6.07) is 0. The van der Waals surface area contributed by atoms with Crippen molar-refractivity contribution in [3.8, 4) is 5.88 Å². The number of nitrogens with zero attached hydrogens (tertiary/aromatic N) is 3. The fourth-order valence-corrected chi connectivity index (χ4v) is 2.14. The van der Waals surface area contributed by atoms with E-state index in [9.17, 15) is 0 Å². The number of hydrogen-bond acceptors (Lipinski definition) is 4. The molecule has 1 fully saturated rings. The Morgan fingerprint density at radius 2 is 2.06 bits per heavy atom. The van der Waals surface area contributed by atoms with E-state index in [0.29, 0.717) is 5.88 Å². The second-order valence-corrected chi connectivity index (χ2v) is 6.21. The van der Waals surface area contributed by atoms with Gasteiger partial charge in [-0.15, -0.1) is 0 Å². The SMILES string of the molecule is Cc1nc(Br)cnc1OC1CN(C(C)(C)C)C1. The van der Waals surface area contributed by atoms with Gasteiger partial charge < -0.3 is 4.74 Å². The Kier molecular flexibility index (Phi) is 3.41. The van der Waals surface area contributed by atoms with Crippen molar-refractivity contribution in [2.75, 3.05) is 13.1 Å². The number of aryl methyl sites for hydroxylation is 1. The summed E-state index contributed by atoms with van der Waals surface area (Å²) in [5.41, 5.74) is 1.05. The third-order valence-electron chi connectivity index (χ3n) is 2.95. The quantitative estimate of drug-likeness (QED) is 0.840. The highest BCUT2D eigenvalue weighted by atomic mass is 79.9. The molecule has 0 spiro atoms. The number of aromatic nitrogens is 2. The summed E-state index contributed by atoms with van der Waals surface area (Å²) in [5, 5.41) is 0. The molecule has 1 aliphatic rings. The van der Waals surface area contributed by atoms with E-state index in [2.05, 4.69) is 51.6 Å². The third-order valence-corrected chi connectivity index (χ3v) is 3.33. The van der Waals surface area contributed by atoms with Crippen LogP contribution in [0.1, 0.15) is 26.5 Å². The lowest BCUT2D eigenvalue weighted by Crippen LogP contribution is -2.60. The fourth-order valence-electron chi connectivity index (χ4n) is 1.78. The first-order chi connectivity index (χ1) is 7.86. The molecule has 0 aliphatic carbocycles.